The Kier molecular flexibility index (Phi) is 6.47. The van der Waals surface area contributed by atoms with Gasteiger partial charge in [0.05, 0.1) is 28.5 Å². The van der Waals surface area contributed by atoms with Crippen molar-refractivity contribution in [2.24, 2.45) is 5.41 Å². The zero-order valence-corrected chi connectivity index (χ0v) is 23.1. The van der Waals surface area contributed by atoms with Gasteiger partial charge in [-0.05, 0) is 55.0 Å². The van der Waals surface area contributed by atoms with Gasteiger partial charge in [-0.15, -0.1) is 0 Å². The molecule has 7 nitrogen and oxygen atoms in total. The molecule has 41 heavy (non-hydrogen) atoms. The lowest BCUT2D eigenvalue weighted by molar-refractivity contribution is -0.134. The first kappa shape index (κ1) is 27.4. The molecule has 2 N–H and O–H groups in total. The molecular formula is C32H32F2N4O3. The highest BCUT2D eigenvalue weighted by Gasteiger charge is 2.50. The topological polar surface area (TPSA) is 106 Å². The molecule has 2 saturated heterocycles. The van der Waals surface area contributed by atoms with E-state index in [1.165, 1.54) is 6.07 Å². The van der Waals surface area contributed by atoms with Crippen LogP contribution in [-0.2, 0) is 27.1 Å². The second-order valence-corrected chi connectivity index (χ2v) is 12.5. The molecule has 3 aromatic rings. The Bertz CT molecular complexity index is 1630. The normalized spacial score (nSPS) is 25.5. The van der Waals surface area contributed by atoms with Crippen LogP contribution >= 0.6 is 0 Å². The molecule has 2 amide bonds. The van der Waals surface area contributed by atoms with Gasteiger partial charge in [-0.2, -0.15) is 5.26 Å². The van der Waals surface area contributed by atoms with Crippen LogP contribution in [0.3, 0.4) is 0 Å². The number of aromatic nitrogens is 1. The lowest BCUT2D eigenvalue weighted by Gasteiger charge is -2.50. The molecule has 212 valence electrons. The van der Waals surface area contributed by atoms with Crippen LogP contribution in [0.25, 0.3) is 10.9 Å². The number of rotatable bonds is 5. The predicted octanol–water partition coefficient (Wildman–Crippen LogP) is 4.71. The van der Waals surface area contributed by atoms with E-state index >= 15 is 4.39 Å². The van der Waals surface area contributed by atoms with Crippen molar-refractivity contribution in [1.29, 1.82) is 5.26 Å². The molecule has 0 bridgehead atoms. The van der Waals surface area contributed by atoms with Crippen molar-refractivity contribution in [2.75, 3.05) is 13.1 Å². The summed E-state index contributed by atoms with van der Waals surface area (Å²) >= 11 is 0. The average Bonchev–Trinajstić information content (AvgIpc) is 3.72. The van der Waals surface area contributed by atoms with Gasteiger partial charge in [0.1, 0.15) is 11.6 Å². The molecule has 2 atom stereocenters. The van der Waals surface area contributed by atoms with E-state index in [0.717, 1.165) is 5.56 Å². The summed E-state index contributed by atoms with van der Waals surface area (Å²) < 4.78 is 31.1. The van der Waals surface area contributed by atoms with Gasteiger partial charge in [-0.25, -0.2) is 8.78 Å². The highest BCUT2D eigenvalue weighted by atomic mass is 19.1. The number of imide groups is 1. The van der Waals surface area contributed by atoms with Crippen molar-refractivity contribution in [3.63, 3.8) is 0 Å². The Hall–Kier alpha value is -3.74. The number of likely N-dealkylation sites (tertiary alicyclic amines) is 1. The minimum absolute atomic E-state index is 0.179. The van der Waals surface area contributed by atoms with E-state index in [-0.39, 0.29) is 35.5 Å². The zero-order valence-electron chi connectivity index (χ0n) is 23.1. The summed E-state index contributed by atoms with van der Waals surface area (Å²) in [5.74, 6) is -2.27. The number of hydrogen-bond donors (Lipinski definition) is 2. The monoisotopic (exact) mass is 558 g/mol. The number of carbonyl (C=O) groups excluding carboxylic acids is 2. The number of halogens is 2. The Morgan fingerprint density at radius 3 is 2.54 bits per heavy atom. The first-order valence-electron chi connectivity index (χ1n) is 14.0. The number of benzene rings is 2. The molecule has 1 aromatic heterocycles. The summed E-state index contributed by atoms with van der Waals surface area (Å²) in [5, 5.41) is 24.0. The number of nitrogens with zero attached hydrogens (tertiary/aromatic N) is 3. The molecule has 1 aliphatic carbocycles. The van der Waals surface area contributed by atoms with Gasteiger partial charge in [0.25, 0.3) is 0 Å². The summed E-state index contributed by atoms with van der Waals surface area (Å²) in [6.07, 6.45) is 3.70. The smallest absolute Gasteiger partial charge is 0.234 e. The van der Waals surface area contributed by atoms with E-state index in [2.05, 4.69) is 21.3 Å². The van der Waals surface area contributed by atoms with E-state index in [1.807, 2.05) is 19.9 Å². The lowest BCUT2D eigenvalue weighted by Crippen LogP contribution is -2.55. The molecule has 0 radical (unpaired) electrons. The van der Waals surface area contributed by atoms with E-state index < -0.39 is 34.1 Å². The summed E-state index contributed by atoms with van der Waals surface area (Å²) in [4.78, 5) is 30.5. The quantitative estimate of drug-likeness (QED) is 0.440. The maximum atomic E-state index is 16.2. The van der Waals surface area contributed by atoms with Gasteiger partial charge >= 0.3 is 0 Å². The van der Waals surface area contributed by atoms with E-state index in [1.54, 1.807) is 30.5 Å². The van der Waals surface area contributed by atoms with Crippen molar-refractivity contribution in [1.82, 2.24) is 15.2 Å². The molecule has 2 aromatic carbocycles. The number of piperidine rings is 2. The van der Waals surface area contributed by atoms with E-state index in [0.29, 0.717) is 55.5 Å². The second kappa shape index (κ2) is 9.68. The first-order chi connectivity index (χ1) is 19.5. The maximum Gasteiger partial charge on any atom is 0.234 e. The van der Waals surface area contributed by atoms with E-state index in [4.69, 9.17) is 0 Å². The third-order valence-electron chi connectivity index (χ3n) is 9.36. The Labute approximate surface area is 237 Å². The van der Waals surface area contributed by atoms with Crippen LogP contribution in [0.4, 0.5) is 8.78 Å². The van der Waals surface area contributed by atoms with Crippen molar-refractivity contribution in [3.8, 4) is 6.07 Å². The Morgan fingerprint density at radius 1 is 1.12 bits per heavy atom. The van der Waals surface area contributed by atoms with Crippen LogP contribution in [0, 0.1) is 28.4 Å². The van der Waals surface area contributed by atoms with Gasteiger partial charge in [0.15, 0.2) is 0 Å². The summed E-state index contributed by atoms with van der Waals surface area (Å²) in [6, 6.07) is 12.2. The molecule has 6 rings (SSSR count). The number of nitrogens with one attached hydrogen (secondary N) is 1. The predicted molar refractivity (Wildman–Crippen MR) is 147 cm³/mol. The van der Waals surface area contributed by atoms with Crippen LogP contribution in [0.5, 0.6) is 0 Å². The number of aliphatic hydroxyl groups is 1. The van der Waals surface area contributed by atoms with Gasteiger partial charge in [0, 0.05) is 54.2 Å². The van der Waals surface area contributed by atoms with Crippen LogP contribution < -0.4 is 5.32 Å². The number of nitriles is 1. The number of fused-ring (bicyclic) bond motifs is 1. The number of pyridine rings is 1. The fraction of sp³-hybridized carbons (Fsp3) is 0.438. The second-order valence-electron chi connectivity index (χ2n) is 12.5. The molecule has 9 heteroatoms. The number of amides is 2. The van der Waals surface area contributed by atoms with Gasteiger partial charge < -0.3 is 5.11 Å². The first-order valence-corrected chi connectivity index (χ1v) is 14.0. The molecule has 1 unspecified atom stereocenters. The van der Waals surface area contributed by atoms with E-state index in [9.17, 15) is 24.3 Å². The average molecular weight is 559 g/mol. The summed E-state index contributed by atoms with van der Waals surface area (Å²) in [6.45, 7) is 5.18. The van der Waals surface area contributed by atoms with Gasteiger partial charge in [-0.1, -0.05) is 32.0 Å². The fourth-order valence-corrected chi connectivity index (χ4v) is 6.63. The van der Waals surface area contributed by atoms with Gasteiger partial charge in [0.2, 0.25) is 11.8 Å². The molecule has 3 fully saturated rings. The number of carbonyl (C=O) groups is 2. The largest absolute Gasteiger partial charge is 0.384 e. The molecule has 3 aliphatic rings. The SMILES string of the molecule is CC1(C)CN(Cc2ccc(C3(C#N)CC3)c(F)c2)CC[C@]1(O)c1ccc2ncc(C3CCC(=O)NC3=O)cc2c1F. The third kappa shape index (κ3) is 4.59. The highest BCUT2D eigenvalue weighted by molar-refractivity contribution is 6.01. The van der Waals surface area contributed by atoms with Gasteiger partial charge in [-0.3, -0.25) is 24.8 Å². The summed E-state index contributed by atoms with van der Waals surface area (Å²) in [7, 11) is 0. The minimum atomic E-state index is -1.48. The minimum Gasteiger partial charge on any atom is -0.384 e. The van der Waals surface area contributed by atoms with Crippen molar-refractivity contribution in [2.45, 2.75) is 69.4 Å². The molecule has 3 heterocycles. The lowest BCUT2D eigenvalue weighted by atomic mass is 9.66. The molecule has 2 aliphatic heterocycles. The van der Waals surface area contributed by atoms with Crippen molar-refractivity contribution < 1.29 is 23.5 Å². The molecular weight excluding hydrogens is 526 g/mol. The standard InChI is InChI=1S/C32H32F2N4O3/c1-30(2)18-38(16-19-3-5-23(25(33)13-19)31(17-35)9-10-31)12-11-32(30,41)24-6-7-26-22(28(24)34)14-20(15-36-26)21-4-8-27(39)37-29(21)40/h3,5-7,13-15,21,41H,4,8-12,16,18H2,1-2H3,(H,37,39,40)/t21?,32-/m0/s1. The molecule has 1 saturated carbocycles. The fourth-order valence-electron chi connectivity index (χ4n) is 6.63. The Balaban J connectivity index is 1.24. The van der Waals surface area contributed by atoms with Crippen molar-refractivity contribution >= 4 is 22.7 Å². The van der Waals surface area contributed by atoms with Crippen LogP contribution in [-0.4, -0.2) is 39.9 Å². The summed E-state index contributed by atoms with van der Waals surface area (Å²) in [5.41, 5.74) is -0.564. The number of hydrogen-bond acceptors (Lipinski definition) is 6. The van der Waals surface area contributed by atoms with Crippen molar-refractivity contribution in [3.05, 3.63) is 76.5 Å². The molecule has 0 spiro atoms. The highest BCUT2D eigenvalue weighted by Crippen LogP contribution is 2.49. The van der Waals surface area contributed by atoms with Crippen LogP contribution in [0.15, 0.2) is 42.6 Å². The third-order valence-corrected chi connectivity index (χ3v) is 9.36. The zero-order chi connectivity index (χ0) is 29.2. The van der Waals surface area contributed by atoms with Crippen LogP contribution in [0.2, 0.25) is 0 Å². The maximum absolute atomic E-state index is 16.2. The van der Waals surface area contributed by atoms with Crippen LogP contribution in [0.1, 0.15) is 74.1 Å². The Morgan fingerprint density at radius 2 is 1.88 bits per heavy atom.